The predicted molar refractivity (Wildman–Crippen MR) is 117 cm³/mol. The van der Waals surface area contributed by atoms with E-state index in [1.807, 2.05) is 31.2 Å². The number of carbonyl (C=O) groups is 1. The molecule has 0 saturated carbocycles. The molecule has 0 aliphatic carbocycles. The molecule has 1 saturated heterocycles. The fourth-order valence-corrected chi connectivity index (χ4v) is 5.84. The third kappa shape index (κ3) is 4.24. The van der Waals surface area contributed by atoms with Crippen molar-refractivity contribution in [3.63, 3.8) is 0 Å². The van der Waals surface area contributed by atoms with Gasteiger partial charge in [-0.1, -0.05) is 52.8 Å². The molecule has 1 aliphatic rings. The Hall–Kier alpha value is -2.33. The lowest BCUT2D eigenvalue weighted by molar-refractivity contribution is -0.119. The number of halogens is 1. The van der Waals surface area contributed by atoms with E-state index in [-0.39, 0.29) is 11.4 Å². The Morgan fingerprint density at radius 3 is 2.53 bits per heavy atom. The predicted octanol–water partition coefficient (Wildman–Crippen LogP) is 3.96. The molecule has 4 rings (SSSR count). The van der Waals surface area contributed by atoms with Crippen LogP contribution in [-0.4, -0.2) is 41.4 Å². The molecule has 1 N–H and O–H groups in total. The number of aromatic nitrogens is 2. The zero-order chi connectivity index (χ0) is 21.3. The number of anilines is 1. The number of nitrogens with zero attached hydrogens (tertiary/aromatic N) is 3. The molecule has 2 heterocycles. The summed E-state index contributed by atoms with van der Waals surface area (Å²) < 4.78 is 27.3. The molecule has 3 aromatic rings. The standard InChI is InChI=1S/C20H19ClN4O3S2/c1-13-4-6-14(7-5-13)19-23-24-20(29-19)22-18(26)17-3-2-12-25(17)30(27,28)16-10-8-15(21)9-11-16/h4-11,17H,2-3,12H2,1H3,(H,22,24,26)/t17-/m0/s1. The van der Waals surface area contributed by atoms with E-state index in [4.69, 9.17) is 11.6 Å². The van der Waals surface area contributed by atoms with Crippen LogP contribution in [0, 0.1) is 6.92 Å². The molecule has 0 bridgehead atoms. The van der Waals surface area contributed by atoms with Crippen LogP contribution < -0.4 is 5.32 Å². The Kier molecular flexibility index (Phi) is 5.88. The molecule has 1 aromatic heterocycles. The molecular formula is C20H19ClN4O3S2. The van der Waals surface area contributed by atoms with Crippen molar-refractivity contribution in [2.75, 3.05) is 11.9 Å². The van der Waals surface area contributed by atoms with Gasteiger partial charge in [0.1, 0.15) is 11.0 Å². The molecule has 10 heteroatoms. The van der Waals surface area contributed by atoms with Crippen LogP contribution in [0.25, 0.3) is 10.6 Å². The van der Waals surface area contributed by atoms with Crippen LogP contribution in [-0.2, 0) is 14.8 Å². The average Bonchev–Trinajstić information content (AvgIpc) is 3.39. The van der Waals surface area contributed by atoms with Crippen molar-refractivity contribution in [1.82, 2.24) is 14.5 Å². The summed E-state index contributed by atoms with van der Waals surface area (Å²) in [6.07, 6.45) is 1.05. The van der Waals surface area contributed by atoms with Gasteiger partial charge in [-0.2, -0.15) is 4.31 Å². The van der Waals surface area contributed by atoms with Gasteiger partial charge in [0.2, 0.25) is 21.1 Å². The molecule has 7 nitrogen and oxygen atoms in total. The van der Waals surface area contributed by atoms with Gasteiger partial charge in [-0.05, 0) is 44.0 Å². The molecule has 1 amide bonds. The highest BCUT2D eigenvalue weighted by Gasteiger charge is 2.39. The van der Waals surface area contributed by atoms with E-state index in [1.165, 1.54) is 39.9 Å². The van der Waals surface area contributed by atoms with Crippen molar-refractivity contribution >= 4 is 44.0 Å². The number of aryl methyl sites for hydroxylation is 1. The summed E-state index contributed by atoms with van der Waals surface area (Å²) >= 11 is 7.11. The smallest absolute Gasteiger partial charge is 0.244 e. The minimum atomic E-state index is -3.80. The minimum absolute atomic E-state index is 0.115. The SMILES string of the molecule is Cc1ccc(-c2nnc(NC(=O)[C@@H]3CCCN3S(=O)(=O)c3ccc(Cl)cc3)s2)cc1. The number of benzene rings is 2. The van der Waals surface area contributed by atoms with Gasteiger partial charge in [0.05, 0.1) is 4.90 Å². The molecular weight excluding hydrogens is 444 g/mol. The summed E-state index contributed by atoms with van der Waals surface area (Å²) in [5.74, 6) is -0.406. The molecule has 1 fully saturated rings. The lowest BCUT2D eigenvalue weighted by atomic mass is 10.2. The Labute approximate surface area is 183 Å². The van der Waals surface area contributed by atoms with Gasteiger partial charge in [0, 0.05) is 17.1 Å². The molecule has 0 radical (unpaired) electrons. The van der Waals surface area contributed by atoms with Gasteiger partial charge < -0.3 is 0 Å². The van der Waals surface area contributed by atoms with Crippen LogP contribution in [0.15, 0.2) is 53.4 Å². The van der Waals surface area contributed by atoms with Gasteiger partial charge in [0.15, 0.2) is 0 Å². The van der Waals surface area contributed by atoms with Crippen LogP contribution in [0.1, 0.15) is 18.4 Å². The fourth-order valence-electron chi connectivity index (χ4n) is 3.31. The van der Waals surface area contributed by atoms with Crippen LogP contribution in [0.5, 0.6) is 0 Å². The molecule has 1 aliphatic heterocycles. The second-order valence-corrected chi connectivity index (χ2v) is 10.3. The quantitative estimate of drug-likeness (QED) is 0.619. The Morgan fingerprint density at radius 2 is 1.83 bits per heavy atom. The Balaban J connectivity index is 1.50. The lowest BCUT2D eigenvalue weighted by Gasteiger charge is -2.23. The average molecular weight is 463 g/mol. The largest absolute Gasteiger partial charge is 0.299 e. The molecule has 0 unspecified atom stereocenters. The second-order valence-electron chi connectivity index (χ2n) is 7.00. The van der Waals surface area contributed by atoms with Crippen LogP contribution >= 0.6 is 22.9 Å². The van der Waals surface area contributed by atoms with Crippen molar-refractivity contribution < 1.29 is 13.2 Å². The second kappa shape index (κ2) is 8.43. The summed E-state index contributed by atoms with van der Waals surface area (Å²) in [5.41, 5.74) is 2.05. The number of hydrogen-bond donors (Lipinski definition) is 1. The topological polar surface area (TPSA) is 92.3 Å². The molecule has 0 spiro atoms. The third-order valence-corrected chi connectivity index (χ3v) is 7.94. The van der Waals surface area contributed by atoms with Crippen LogP contribution in [0.3, 0.4) is 0 Å². The maximum Gasteiger partial charge on any atom is 0.244 e. The maximum absolute atomic E-state index is 13.0. The van der Waals surface area contributed by atoms with Gasteiger partial charge in [-0.15, -0.1) is 10.2 Å². The summed E-state index contributed by atoms with van der Waals surface area (Å²) in [6, 6.07) is 13.0. The number of sulfonamides is 1. The number of amides is 1. The normalized spacial score (nSPS) is 17.2. The van der Waals surface area contributed by atoms with Gasteiger partial charge in [0.25, 0.3) is 0 Å². The first-order valence-electron chi connectivity index (χ1n) is 9.33. The van der Waals surface area contributed by atoms with E-state index in [2.05, 4.69) is 15.5 Å². The monoisotopic (exact) mass is 462 g/mol. The Bertz CT molecular complexity index is 1160. The summed E-state index contributed by atoms with van der Waals surface area (Å²) in [6.45, 7) is 2.29. The van der Waals surface area contributed by atoms with Crippen molar-refractivity contribution in [1.29, 1.82) is 0 Å². The summed E-state index contributed by atoms with van der Waals surface area (Å²) in [5, 5.41) is 12.4. The van der Waals surface area contributed by atoms with Gasteiger partial charge in [-0.25, -0.2) is 8.42 Å². The highest BCUT2D eigenvalue weighted by molar-refractivity contribution is 7.89. The van der Waals surface area contributed by atoms with Gasteiger partial charge >= 0.3 is 0 Å². The summed E-state index contributed by atoms with van der Waals surface area (Å²) in [4.78, 5) is 13.0. The van der Waals surface area contributed by atoms with E-state index >= 15 is 0 Å². The van der Waals surface area contributed by atoms with E-state index in [0.29, 0.717) is 28.0 Å². The van der Waals surface area contributed by atoms with E-state index in [1.54, 1.807) is 0 Å². The van der Waals surface area contributed by atoms with Crippen molar-refractivity contribution in [2.24, 2.45) is 0 Å². The van der Waals surface area contributed by atoms with Crippen molar-refractivity contribution in [3.05, 3.63) is 59.1 Å². The molecule has 1 atom stereocenters. The van der Waals surface area contributed by atoms with Crippen molar-refractivity contribution in [3.8, 4) is 10.6 Å². The molecule has 2 aromatic carbocycles. The molecule has 30 heavy (non-hydrogen) atoms. The fraction of sp³-hybridized carbons (Fsp3) is 0.250. The Morgan fingerprint density at radius 1 is 1.13 bits per heavy atom. The maximum atomic E-state index is 13.0. The van der Waals surface area contributed by atoms with Crippen LogP contribution in [0.2, 0.25) is 5.02 Å². The van der Waals surface area contributed by atoms with E-state index < -0.39 is 22.0 Å². The first-order chi connectivity index (χ1) is 14.3. The zero-order valence-electron chi connectivity index (χ0n) is 16.1. The first kappa shape index (κ1) is 20.9. The lowest BCUT2D eigenvalue weighted by Crippen LogP contribution is -2.43. The minimum Gasteiger partial charge on any atom is -0.299 e. The zero-order valence-corrected chi connectivity index (χ0v) is 18.5. The number of hydrogen-bond acceptors (Lipinski definition) is 6. The highest BCUT2D eigenvalue weighted by atomic mass is 35.5. The number of nitrogens with one attached hydrogen (secondary N) is 1. The number of carbonyl (C=O) groups excluding carboxylic acids is 1. The van der Waals surface area contributed by atoms with E-state index in [0.717, 1.165) is 11.1 Å². The van der Waals surface area contributed by atoms with Gasteiger partial charge in [-0.3, -0.25) is 10.1 Å². The first-order valence-corrected chi connectivity index (χ1v) is 12.0. The summed E-state index contributed by atoms with van der Waals surface area (Å²) in [7, 11) is -3.80. The highest BCUT2D eigenvalue weighted by Crippen LogP contribution is 2.30. The molecule has 156 valence electrons. The van der Waals surface area contributed by atoms with E-state index in [9.17, 15) is 13.2 Å². The number of rotatable bonds is 5. The van der Waals surface area contributed by atoms with Crippen molar-refractivity contribution in [2.45, 2.75) is 30.7 Å². The third-order valence-electron chi connectivity index (χ3n) is 4.88. The van der Waals surface area contributed by atoms with Crippen LogP contribution in [0.4, 0.5) is 5.13 Å².